The molecule has 27 heavy (non-hydrogen) atoms. The number of hydrogen-bond acceptors (Lipinski definition) is 3. The van der Waals surface area contributed by atoms with Crippen LogP contribution in [0, 0.1) is 0 Å². The highest BCUT2D eigenvalue weighted by molar-refractivity contribution is 9.10. The standard InChI is InChI=1S/C10H12BrNO2.C10H10BrNO/c11-8-3-1-7(2-4-8)9(12)5-6-10(13)14;11-8-3-1-7(2-4-8)9-5-6-10(13)12-9/h1-4,9H,5-6,12H2,(H,13,14);1-4,9H,5-6H2,(H,12,13)/t2*9-/m11/s1. The van der Waals surface area contributed by atoms with E-state index in [-0.39, 0.29) is 24.4 Å². The van der Waals surface area contributed by atoms with E-state index in [9.17, 15) is 9.59 Å². The van der Waals surface area contributed by atoms with E-state index >= 15 is 0 Å². The topological polar surface area (TPSA) is 92.4 Å². The molecule has 0 unspecified atom stereocenters. The number of rotatable bonds is 5. The van der Waals surface area contributed by atoms with Gasteiger partial charge in [0.2, 0.25) is 5.91 Å². The van der Waals surface area contributed by atoms with Crippen molar-refractivity contribution in [2.75, 3.05) is 0 Å². The molecule has 7 heteroatoms. The maximum absolute atomic E-state index is 11.0. The number of carboxylic acid groups (broad SMARTS) is 1. The minimum atomic E-state index is -0.808. The fourth-order valence-corrected chi connectivity index (χ4v) is 3.24. The SMILES string of the molecule is N[C@H](CCC(=O)O)c1ccc(Br)cc1.O=C1CC[C@H](c2ccc(Br)cc2)N1. The molecule has 144 valence electrons. The minimum Gasteiger partial charge on any atom is -0.481 e. The van der Waals surface area contributed by atoms with E-state index in [1.54, 1.807) is 0 Å². The largest absolute Gasteiger partial charge is 0.481 e. The van der Waals surface area contributed by atoms with Crippen molar-refractivity contribution in [1.29, 1.82) is 0 Å². The Hall–Kier alpha value is -1.70. The van der Waals surface area contributed by atoms with Gasteiger partial charge in [-0.25, -0.2) is 0 Å². The highest BCUT2D eigenvalue weighted by Crippen LogP contribution is 2.24. The lowest BCUT2D eigenvalue weighted by atomic mass is 10.0. The van der Waals surface area contributed by atoms with Gasteiger partial charge in [-0.15, -0.1) is 0 Å². The van der Waals surface area contributed by atoms with Crippen molar-refractivity contribution in [2.24, 2.45) is 5.73 Å². The number of nitrogens with two attached hydrogens (primary N) is 1. The van der Waals surface area contributed by atoms with Gasteiger partial charge in [0, 0.05) is 27.8 Å². The predicted octanol–water partition coefficient (Wildman–Crippen LogP) is 4.71. The van der Waals surface area contributed by atoms with Gasteiger partial charge in [0.25, 0.3) is 0 Å². The number of carbonyl (C=O) groups excluding carboxylic acids is 1. The molecule has 2 aromatic carbocycles. The monoisotopic (exact) mass is 496 g/mol. The number of nitrogens with one attached hydrogen (secondary N) is 1. The summed E-state index contributed by atoms with van der Waals surface area (Å²) in [7, 11) is 0. The van der Waals surface area contributed by atoms with Crippen LogP contribution in [0.25, 0.3) is 0 Å². The molecule has 1 fully saturated rings. The van der Waals surface area contributed by atoms with Crippen molar-refractivity contribution < 1.29 is 14.7 Å². The third kappa shape index (κ3) is 7.44. The van der Waals surface area contributed by atoms with Crippen LogP contribution in [0.5, 0.6) is 0 Å². The highest BCUT2D eigenvalue weighted by Gasteiger charge is 2.21. The van der Waals surface area contributed by atoms with E-state index in [0.29, 0.717) is 12.8 Å². The second kappa shape index (κ2) is 10.6. The van der Waals surface area contributed by atoms with Crippen molar-refractivity contribution in [3.63, 3.8) is 0 Å². The Morgan fingerprint density at radius 3 is 2.15 bits per heavy atom. The number of carbonyl (C=O) groups is 2. The number of benzene rings is 2. The van der Waals surface area contributed by atoms with Gasteiger partial charge in [0.1, 0.15) is 0 Å². The van der Waals surface area contributed by atoms with Gasteiger partial charge in [-0.05, 0) is 48.2 Å². The molecule has 1 aliphatic rings. The van der Waals surface area contributed by atoms with Gasteiger partial charge in [-0.3, -0.25) is 9.59 Å². The zero-order chi connectivity index (χ0) is 19.8. The molecule has 5 nitrogen and oxygen atoms in total. The van der Waals surface area contributed by atoms with Crippen molar-refractivity contribution in [2.45, 2.75) is 37.8 Å². The Morgan fingerprint density at radius 2 is 1.67 bits per heavy atom. The maximum atomic E-state index is 11.0. The minimum absolute atomic E-state index is 0.108. The number of halogens is 2. The molecular weight excluding hydrogens is 476 g/mol. The van der Waals surface area contributed by atoms with Crippen LogP contribution >= 0.6 is 31.9 Å². The van der Waals surface area contributed by atoms with Crippen LogP contribution < -0.4 is 11.1 Å². The summed E-state index contributed by atoms with van der Waals surface area (Å²) in [4.78, 5) is 21.3. The second-order valence-corrected chi connectivity index (χ2v) is 8.13. The summed E-state index contributed by atoms with van der Waals surface area (Å²) in [5.41, 5.74) is 7.97. The lowest BCUT2D eigenvalue weighted by Gasteiger charge is -2.10. The Morgan fingerprint density at radius 1 is 1.11 bits per heavy atom. The lowest BCUT2D eigenvalue weighted by molar-refractivity contribution is -0.137. The molecule has 1 saturated heterocycles. The van der Waals surface area contributed by atoms with Crippen molar-refractivity contribution in [3.8, 4) is 0 Å². The predicted molar refractivity (Wildman–Crippen MR) is 112 cm³/mol. The molecule has 4 N–H and O–H groups in total. The third-order valence-corrected chi connectivity index (χ3v) is 5.29. The first-order valence-corrected chi connectivity index (χ1v) is 10.2. The number of hydrogen-bond donors (Lipinski definition) is 3. The molecule has 2 aromatic rings. The molecule has 1 aliphatic heterocycles. The molecule has 3 rings (SSSR count). The first-order valence-electron chi connectivity index (χ1n) is 8.63. The molecule has 0 aliphatic carbocycles. The van der Waals surface area contributed by atoms with E-state index in [2.05, 4.69) is 37.2 Å². The summed E-state index contributed by atoms with van der Waals surface area (Å²) in [6.07, 6.45) is 2.15. The van der Waals surface area contributed by atoms with Crippen LogP contribution in [0.15, 0.2) is 57.5 Å². The van der Waals surface area contributed by atoms with Gasteiger partial charge in [0.15, 0.2) is 0 Å². The van der Waals surface area contributed by atoms with Gasteiger partial charge >= 0.3 is 5.97 Å². The van der Waals surface area contributed by atoms with Crippen LogP contribution in [0.1, 0.15) is 48.9 Å². The smallest absolute Gasteiger partial charge is 0.303 e. The molecule has 0 saturated carbocycles. The lowest BCUT2D eigenvalue weighted by Crippen LogP contribution is -2.18. The fraction of sp³-hybridized carbons (Fsp3) is 0.300. The summed E-state index contributed by atoms with van der Waals surface area (Å²) in [5, 5.41) is 11.4. The molecule has 0 spiro atoms. The third-order valence-electron chi connectivity index (χ3n) is 4.24. The number of amides is 1. The van der Waals surface area contributed by atoms with E-state index in [1.807, 2.05) is 48.5 Å². The summed E-state index contributed by atoms with van der Waals surface area (Å²) >= 11 is 6.70. The Kier molecular flexibility index (Phi) is 8.47. The Balaban J connectivity index is 0.000000194. The molecule has 1 heterocycles. The van der Waals surface area contributed by atoms with Crippen LogP contribution in [0.2, 0.25) is 0 Å². The molecular formula is C20H22Br2N2O3. The summed E-state index contributed by atoms with van der Waals surface area (Å²) in [5.74, 6) is -0.648. The zero-order valence-electron chi connectivity index (χ0n) is 14.7. The van der Waals surface area contributed by atoms with E-state index in [1.165, 1.54) is 5.56 Å². The molecule has 0 bridgehead atoms. The van der Waals surface area contributed by atoms with Crippen molar-refractivity contribution in [3.05, 3.63) is 68.6 Å². The average Bonchev–Trinajstić information content (AvgIpc) is 3.08. The fourth-order valence-electron chi connectivity index (χ4n) is 2.71. The normalized spacial score (nSPS) is 16.9. The first-order chi connectivity index (χ1) is 12.8. The quantitative estimate of drug-likeness (QED) is 0.557. The Labute approximate surface area is 175 Å². The van der Waals surface area contributed by atoms with E-state index in [0.717, 1.165) is 20.9 Å². The van der Waals surface area contributed by atoms with Crippen molar-refractivity contribution in [1.82, 2.24) is 5.32 Å². The van der Waals surface area contributed by atoms with E-state index in [4.69, 9.17) is 10.8 Å². The van der Waals surface area contributed by atoms with Gasteiger partial charge in [-0.2, -0.15) is 0 Å². The van der Waals surface area contributed by atoms with Crippen LogP contribution in [0.4, 0.5) is 0 Å². The van der Waals surface area contributed by atoms with E-state index < -0.39 is 5.97 Å². The molecule has 0 aromatic heterocycles. The van der Waals surface area contributed by atoms with Gasteiger partial charge in [-0.1, -0.05) is 56.1 Å². The second-order valence-electron chi connectivity index (χ2n) is 6.30. The maximum Gasteiger partial charge on any atom is 0.303 e. The van der Waals surface area contributed by atoms with Gasteiger partial charge < -0.3 is 16.2 Å². The van der Waals surface area contributed by atoms with Crippen LogP contribution in [-0.4, -0.2) is 17.0 Å². The highest BCUT2D eigenvalue weighted by atomic mass is 79.9. The summed E-state index contributed by atoms with van der Waals surface area (Å²) < 4.78 is 2.06. The zero-order valence-corrected chi connectivity index (χ0v) is 17.9. The Bertz CT molecular complexity index is 764. The summed E-state index contributed by atoms with van der Waals surface area (Å²) in [6, 6.07) is 15.7. The average molecular weight is 498 g/mol. The first kappa shape index (κ1) is 21.6. The molecule has 0 radical (unpaired) electrons. The van der Waals surface area contributed by atoms with Gasteiger partial charge in [0.05, 0.1) is 6.04 Å². The molecule has 2 atom stereocenters. The number of aliphatic carboxylic acids is 1. The van der Waals surface area contributed by atoms with Crippen molar-refractivity contribution >= 4 is 43.7 Å². The van der Waals surface area contributed by atoms with Crippen LogP contribution in [-0.2, 0) is 9.59 Å². The number of carboxylic acids is 1. The van der Waals surface area contributed by atoms with Crippen LogP contribution in [0.3, 0.4) is 0 Å². The summed E-state index contributed by atoms with van der Waals surface area (Å²) in [6.45, 7) is 0. The molecule has 1 amide bonds.